The molecule has 0 amide bonds. The van der Waals surface area contributed by atoms with E-state index in [2.05, 4.69) is 28.7 Å². The van der Waals surface area contributed by atoms with Crippen molar-refractivity contribution in [2.45, 2.75) is 13.3 Å². The van der Waals surface area contributed by atoms with Crippen LogP contribution in [0, 0.1) is 6.92 Å². The van der Waals surface area contributed by atoms with E-state index in [9.17, 15) is 0 Å². The molecule has 0 bridgehead atoms. The molecule has 0 unspecified atom stereocenters. The summed E-state index contributed by atoms with van der Waals surface area (Å²) in [6.45, 7) is 6.12. The van der Waals surface area contributed by atoms with Gasteiger partial charge in [0.25, 0.3) is 0 Å². The third-order valence-corrected chi connectivity index (χ3v) is 2.93. The van der Waals surface area contributed by atoms with Crippen LogP contribution in [0.1, 0.15) is 16.8 Å². The van der Waals surface area contributed by atoms with Crippen LogP contribution in [0.5, 0.6) is 0 Å². The molecule has 2 heterocycles. The molecule has 0 radical (unpaired) electrons. The van der Waals surface area contributed by atoms with Crippen LogP contribution in [0.2, 0.25) is 0 Å². The van der Waals surface area contributed by atoms with E-state index in [0.29, 0.717) is 0 Å². The second kappa shape index (κ2) is 3.27. The minimum Gasteiger partial charge on any atom is -0.254 e. The van der Waals surface area contributed by atoms with Gasteiger partial charge in [0.2, 0.25) is 0 Å². The van der Waals surface area contributed by atoms with Gasteiger partial charge in [0.05, 0.1) is 11.4 Å². The lowest BCUT2D eigenvalue weighted by molar-refractivity contribution is 1.10. The minimum atomic E-state index is 0.876. The zero-order valence-electron chi connectivity index (χ0n) is 9.20. The Balaban J connectivity index is 2.34. The van der Waals surface area contributed by atoms with E-state index in [1.54, 1.807) is 0 Å². The maximum absolute atomic E-state index is 4.58. The number of fused-ring (bicyclic) bond motifs is 3. The molecule has 0 spiro atoms. The van der Waals surface area contributed by atoms with Crippen molar-refractivity contribution in [1.82, 2.24) is 9.97 Å². The number of hydrogen-bond acceptors (Lipinski definition) is 2. The first kappa shape index (κ1) is 9.28. The predicted octanol–water partition coefficient (Wildman–Crippen LogP) is 3.02. The highest BCUT2D eigenvalue weighted by Gasteiger charge is 2.20. The highest BCUT2D eigenvalue weighted by Crippen LogP contribution is 2.35. The summed E-state index contributed by atoms with van der Waals surface area (Å²) in [6, 6.07) is 8.18. The molecule has 0 atom stereocenters. The van der Waals surface area contributed by atoms with Gasteiger partial charge in [0.1, 0.15) is 0 Å². The standard InChI is InChI=1S/C14H12N2/c1-9-8-11-4-3-7-15-13(11)14-12(9)6-5-10(2)16-14/h3-7H,1,8H2,2H3. The van der Waals surface area contributed by atoms with Crippen molar-refractivity contribution in [3.8, 4) is 11.4 Å². The van der Waals surface area contributed by atoms with Crippen LogP contribution in [0.15, 0.2) is 37.0 Å². The second-order valence-electron chi connectivity index (χ2n) is 4.14. The second-order valence-corrected chi connectivity index (χ2v) is 4.14. The van der Waals surface area contributed by atoms with Crippen LogP contribution >= 0.6 is 0 Å². The Labute approximate surface area is 94.7 Å². The quantitative estimate of drug-likeness (QED) is 0.665. The summed E-state index contributed by atoms with van der Waals surface area (Å²) in [5.41, 5.74) is 6.49. The predicted molar refractivity (Wildman–Crippen MR) is 64.9 cm³/mol. The summed E-state index contributed by atoms with van der Waals surface area (Å²) >= 11 is 0. The third kappa shape index (κ3) is 1.27. The van der Waals surface area contributed by atoms with E-state index in [1.807, 2.05) is 25.3 Å². The molecule has 1 aliphatic rings. The molecule has 0 aliphatic heterocycles. The van der Waals surface area contributed by atoms with Crippen LogP contribution in [0.3, 0.4) is 0 Å². The normalized spacial score (nSPS) is 13.2. The fourth-order valence-corrected chi connectivity index (χ4v) is 2.14. The van der Waals surface area contributed by atoms with Crippen molar-refractivity contribution < 1.29 is 0 Å². The summed E-state index contributed by atoms with van der Waals surface area (Å²) in [7, 11) is 0. The lowest BCUT2D eigenvalue weighted by Gasteiger charge is -2.19. The van der Waals surface area contributed by atoms with Crippen LogP contribution in [0.4, 0.5) is 0 Å². The Morgan fingerprint density at radius 3 is 2.94 bits per heavy atom. The largest absolute Gasteiger partial charge is 0.254 e. The van der Waals surface area contributed by atoms with E-state index < -0.39 is 0 Å². The Morgan fingerprint density at radius 1 is 1.19 bits per heavy atom. The zero-order chi connectivity index (χ0) is 11.1. The molecular formula is C14H12N2. The Hall–Kier alpha value is -1.96. The van der Waals surface area contributed by atoms with Gasteiger partial charge in [-0.25, -0.2) is 0 Å². The molecule has 78 valence electrons. The summed E-state index contributed by atoms with van der Waals surface area (Å²) in [5, 5.41) is 0. The van der Waals surface area contributed by atoms with Gasteiger partial charge in [-0.15, -0.1) is 0 Å². The molecule has 2 heteroatoms. The third-order valence-electron chi connectivity index (χ3n) is 2.93. The molecule has 3 rings (SSSR count). The van der Waals surface area contributed by atoms with Gasteiger partial charge in [-0.1, -0.05) is 18.7 Å². The fourth-order valence-electron chi connectivity index (χ4n) is 2.14. The van der Waals surface area contributed by atoms with E-state index in [1.165, 1.54) is 5.56 Å². The number of pyridine rings is 2. The van der Waals surface area contributed by atoms with Gasteiger partial charge >= 0.3 is 0 Å². The minimum absolute atomic E-state index is 0.876. The van der Waals surface area contributed by atoms with Gasteiger partial charge in [0, 0.05) is 17.5 Å². The molecule has 16 heavy (non-hydrogen) atoms. The Bertz CT molecular complexity index is 585. The first-order valence-electron chi connectivity index (χ1n) is 5.36. The summed E-state index contributed by atoms with van der Waals surface area (Å²) < 4.78 is 0. The smallest absolute Gasteiger partial charge is 0.0967 e. The Kier molecular flexibility index (Phi) is 1.90. The molecule has 1 aliphatic carbocycles. The molecule has 2 aromatic heterocycles. The van der Waals surface area contributed by atoms with Gasteiger partial charge in [-0.3, -0.25) is 9.97 Å². The molecule has 0 N–H and O–H groups in total. The highest BCUT2D eigenvalue weighted by molar-refractivity contribution is 5.83. The highest BCUT2D eigenvalue weighted by atomic mass is 14.8. The molecule has 0 saturated heterocycles. The molecule has 0 fully saturated rings. The summed E-state index contributed by atoms with van der Waals surface area (Å²) in [4.78, 5) is 9.01. The number of nitrogens with zero attached hydrogens (tertiary/aromatic N) is 2. The number of aromatic nitrogens is 2. The molecule has 0 saturated carbocycles. The van der Waals surface area contributed by atoms with Crippen molar-refractivity contribution in [2.75, 3.05) is 0 Å². The van der Waals surface area contributed by atoms with E-state index in [4.69, 9.17) is 0 Å². The van der Waals surface area contributed by atoms with Gasteiger partial charge in [-0.05, 0) is 36.6 Å². The zero-order valence-corrected chi connectivity index (χ0v) is 9.20. The van der Waals surface area contributed by atoms with Crippen molar-refractivity contribution in [3.05, 3.63) is 53.9 Å². The lowest BCUT2D eigenvalue weighted by atomic mass is 9.89. The summed E-state index contributed by atoms with van der Waals surface area (Å²) in [6.07, 6.45) is 2.70. The topological polar surface area (TPSA) is 25.8 Å². The molecule has 0 aromatic carbocycles. The number of allylic oxidation sites excluding steroid dienone is 1. The fraction of sp³-hybridized carbons (Fsp3) is 0.143. The van der Waals surface area contributed by atoms with Crippen molar-refractivity contribution >= 4 is 5.57 Å². The van der Waals surface area contributed by atoms with Crippen LogP contribution in [0.25, 0.3) is 17.0 Å². The van der Waals surface area contributed by atoms with E-state index in [0.717, 1.165) is 34.6 Å². The first-order chi connectivity index (χ1) is 7.75. The number of hydrogen-bond donors (Lipinski definition) is 0. The van der Waals surface area contributed by atoms with Gasteiger partial charge < -0.3 is 0 Å². The van der Waals surface area contributed by atoms with Crippen molar-refractivity contribution in [1.29, 1.82) is 0 Å². The van der Waals surface area contributed by atoms with Crippen molar-refractivity contribution in [3.63, 3.8) is 0 Å². The Morgan fingerprint density at radius 2 is 2.06 bits per heavy atom. The summed E-state index contributed by atoms with van der Waals surface area (Å²) in [5.74, 6) is 0. The maximum atomic E-state index is 4.58. The lowest BCUT2D eigenvalue weighted by Crippen LogP contribution is -2.06. The van der Waals surface area contributed by atoms with E-state index in [-0.39, 0.29) is 0 Å². The van der Waals surface area contributed by atoms with Crippen LogP contribution in [-0.2, 0) is 6.42 Å². The molecule has 2 aromatic rings. The number of rotatable bonds is 0. The SMILES string of the molecule is C=C1Cc2cccnc2-c2nc(C)ccc21. The van der Waals surface area contributed by atoms with Gasteiger partial charge in [0.15, 0.2) is 0 Å². The average Bonchev–Trinajstić information content (AvgIpc) is 2.29. The first-order valence-corrected chi connectivity index (χ1v) is 5.36. The molecule has 2 nitrogen and oxygen atoms in total. The van der Waals surface area contributed by atoms with Gasteiger partial charge in [-0.2, -0.15) is 0 Å². The monoisotopic (exact) mass is 208 g/mol. The molecular weight excluding hydrogens is 196 g/mol. The average molecular weight is 208 g/mol. The maximum Gasteiger partial charge on any atom is 0.0967 e. The number of aryl methyl sites for hydroxylation is 1. The van der Waals surface area contributed by atoms with Crippen LogP contribution in [-0.4, -0.2) is 9.97 Å². The van der Waals surface area contributed by atoms with E-state index >= 15 is 0 Å². The van der Waals surface area contributed by atoms with Crippen LogP contribution < -0.4 is 0 Å². The van der Waals surface area contributed by atoms with Crippen molar-refractivity contribution in [2.24, 2.45) is 0 Å².